The number of esters is 1. The number of rotatable bonds is 10. The third kappa shape index (κ3) is 7.26. The van der Waals surface area contributed by atoms with Crippen LogP contribution in [-0.2, 0) is 16.1 Å². The number of hydrogen-bond donors (Lipinski definition) is 0. The highest BCUT2D eigenvalue weighted by molar-refractivity contribution is 9.10. The molecule has 0 N–H and O–H groups in total. The Hall–Kier alpha value is -3.67. The van der Waals surface area contributed by atoms with Gasteiger partial charge in [0.2, 0.25) is 0 Å². The number of benzene rings is 3. The van der Waals surface area contributed by atoms with Gasteiger partial charge < -0.3 is 18.9 Å². The Morgan fingerprint density at radius 1 is 1.04 bits per heavy atom. The summed E-state index contributed by atoms with van der Waals surface area (Å²) in [6.07, 6.45) is 1.75. The fraction of sp³-hybridized carbons (Fsp3) is 0.265. The van der Waals surface area contributed by atoms with Crippen LogP contribution in [0.5, 0.6) is 17.2 Å². The van der Waals surface area contributed by atoms with Crippen molar-refractivity contribution in [1.82, 2.24) is 4.57 Å². The van der Waals surface area contributed by atoms with E-state index in [1.165, 1.54) is 11.3 Å². The standard InChI is InChI=1S/C34H32Br2N2O6S/c1-6-42-33(40)30-20(4)37-34-38(31(30)23-10-14-27(44-19(2)3)28(17-23)41-5)32(39)29(45-34)16-22-9-13-26(25(36)15-22)43-18-21-7-11-24(35)12-8-21/h7-17,19,31H,6,18H2,1-5H3/b29-16-/t31-/m0/s1. The number of methoxy groups -OCH3 is 1. The molecule has 11 heteroatoms. The van der Waals surface area contributed by atoms with E-state index < -0.39 is 12.0 Å². The van der Waals surface area contributed by atoms with Crippen LogP contribution in [0.1, 0.15) is 50.4 Å². The predicted molar refractivity (Wildman–Crippen MR) is 182 cm³/mol. The second-order valence-corrected chi connectivity index (χ2v) is 13.3. The Morgan fingerprint density at radius 2 is 1.78 bits per heavy atom. The van der Waals surface area contributed by atoms with Crippen molar-refractivity contribution in [3.8, 4) is 17.2 Å². The second-order valence-electron chi connectivity index (χ2n) is 10.5. The average Bonchev–Trinajstić information content (AvgIpc) is 3.30. The Balaban J connectivity index is 1.54. The van der Waals surface area contributed by atoms with E-state index in [2.05, 4.69) is 36.9 Å². The molecule has 1 aliphatic heterocycles. The van der Waals surface area contributed by atoms with Gasteiger partial charge in [0.25, 0.3) is 5.56 Å². The van der Waals surface area contributed by atoms with Crippen molar-refractivity contribution >= 4 is 55.2 Å². The molecule has 2 heterocycles. The predicted octanol–water partition coefficient (Wildman–Crippen LogP) is 6.70. The van der Waals surface area contributed by atoms with Crippen LogP contribution in [0.25, 0.3) is 6.08 Å². The first-order chi connectivity index (χ1) is 21.6. The Labute approximate surface area is 281 Å². The summed E-state index contributed by atoms with van der Waals surface area (Å²) < 4.78 is 26.8. The molecule has 1 atom stereocenters. The van der Waals surface area contributed by atoms with E-state index in [1.807, 2.05) is 68.5 Å². The Bertz CT molecular complexity index is 1950. The van der Waals surface area contributed by atoms with Gasteiger partial charge in [-0.3, -0.25) is 9.36 Å². The molecule has 0 spiro atoms. The summed E-state index contributed by atoms with van der Waals surface area (Å²) in [6.45, 7) is 7.97. The van der Waals surface area contributed by atoms with Crippen molar-refractivity contribution in [3.05, 3.63) is 117 Å². The minimum absolute atomic E-state index is 0.0631. The Morgan fingerprint density at radius 3 is 2.44 bits per heavy atom. The lowest BCUT2D eigenvalue weighted by atomic mass is 9.95. The van der Waals surface area contributed by atoms with Crippen LogP contribution < -0.4 is 29.1 Å². The van der Waals surface area contributed by atoms with Gasteiger partial charge in [0.05, 0.1) is 46.1 Å². The number of thiazole rings is 1. The summed E-state index contributed by atoms with van der Waals surface area (Å²) in [5, 5.41) is 0. The van der Waals surface area contributed by atoms with Crippen molar-refractivity contribution < 1.29 is 23.7 Å². The lowest BCUT2D eigenvalue weighted by Gasteiger charge is -2.25. The van der Waals surface area contributed by atoms with Gasteiger partial charge in [-0.1, -0.05) is 51.5 Å². The molecule has 8 nitrogen and oxygen atoms in total. The number of carbonyl (C=O) groups is 1. The smallest absolute Gasteiger partial charge is 0.338 e. The molecule has 0 saturated heterocycles. The molecule has 0 bridgehead atoms. The van der Waals surface area contributed by atoms with Crippen molar-refractivity contribution in [1.29, 1.82) is 0 Å². The molecule has 0 unspecified atom stereocenters. The van der Waals surface area contributed by atoms with Crippen LogP contribution >= 0.6 is 43.2 Å². The molecular weight excluding hydrogens is 724 g/mol. The minimum atomic E-state index is -0.773. The van der Waals surface area contributed by atoms with Crippen molar-refractivity contribution in [2.45, 2.75) is 46.4 Å². The van der Waals surface area contributed by atoms with E-state index in [4.69, 9.17) is 18.9 Å². The first kappa shape index (κ1) is 32.7. The fourth-order valence-corrected chi connectivity index (χ4v) is 6.75. The molecule has 0 saturated carbocycles. The number of nitrogens with zero attached hydrogens (tertiary/aromatic N) is 2. The van der Waals surface area contributed by atoms with E-state index in [9.17, 15) is 9.59 Å². The normalized spacial score (nSPS) is 14.7. The Kier molecular flexibility index (Phi) is 10.3. The highest BCUT2D eigenvalue weighted by atomic mass is 79.9. The number of allylic oxidation sites excluding steroid dienone is 1. The van der Waals surface area contributed by atoms with Crippen LogP contribution in [0, 0.1) is 0 Å². The summed E-state index contributed by atoms with van der Waals surface area (Å²) >= 11 is 8.32. The van der Waals surface area contributed by atoms with E-state index in [0.717, 1.165) is 20.1 Å². The molecule has 0 aliphatic carbocycles. The van der Waals surface area contributed by atoms with Gasteiger partial charge in [0.15, 0.2) is 16.3 Å². The largest absolute Gasteiger partial charge is 0.493 e. The van der Waals surface area contributed by atoms with Crippen molar-refractivity contribution in [2.75, 3.05) is 13.7 Å². The van der Waals surface area contributed by atoms with Gasteiger partial charge >= 0.3 is 5.97 Å². The van der Waals surface area contributed by atoms with Crippen LogP contribution in [0.15, 0.2) is 90.7 Å². The fourth-order valence-electron chi connectivity index (χ4n) is 4.93. The van der Waals surface area contributed by atoms with Crippen molar-refractivity contribution in [3.63, 3.8) is 0 Å². The lowest BCUT2D eigenvalue weighted by molar-refractivity contribution is -0.139. The van der Waals surface area contributed by atoms with Gasteiger partial charge in [-0.15, -0.1) is 0 Å². The third-order valence-corrected chi connectivity index (χ3v) is 9.08. The highest BCUT2D eigenvalue weighted by Gasteiger charge is 2.34. The number of fused-ring (bicyclic) bond motifs is 1. The first-order valence-electron chi connectivity index (χ1n) is 14.3. The zero-order valence-electron chi connectivity index (χ0n) is 25.4. The van der Waals surface area contributed by atoms with E-state index in [-0.39, 0.29) is 18.3 Å². The third-order valence-electron chi connectivity index (χ3n) is 6.94. The monoisotopic (exact) mass is 754 g/mol. The van der Waals surface area contributed by atoms with Crippen LogP contribution in [0.4, 0.5) is 0 Å². The molecule has 45 heavy (non-hydrogen) atoms. The average molecular weight is 757 g/mol. The number of hydrogen-bond acceptors (Lipinski definition) is 8. The zero-order chi connectivity index (χ0) is 32.2. The molecule has 0 fully saturated rings. The molecule has 5 rings (SSSR count). The summed E-state index contributed by atoms with van der Waals surface area (Å²) in [4.78, 5) is 32.5. The lowest BCUT2D eigenvalue weighted by Crippen LogP contribution is -2.40. The van der Waals surface area contributed by atoms with Gasteiger partial charge in [-0.25, -0.2) is 9.79 Å². The number of aromatic nitrogens is 1. The summed E-state index contributed by atoms with van der Waals surface area (Å²) in [6, 6.07) is 18.3. The number of halogens is 2. The second kappa shape index (κ2) is 14.2. The quantitative estimate of drug-likeness (QED) is 0.168. The SMILES string of the molecule is CCOC(=O)C1=C(C)N=c2s/c(=C\c3ccc(OCc4ccc(Br)cc4)c(Br)c3)c(=O)n2[C@H]1c1ccc(OC(C)C)c(OC)c1. The van der Waals surface area contributed by atoms with Crippen LogP contribution in [0.3, 0.4) is 0 Å². The minimum Gasteiger partial charge on any atom is -0.493 e. The van der Waals surface area contributed by atoms with E-state index in [1.54, 1.807) is 37.7 Å². The molecule has 1 aromatic heterocycles. The van der Waals surface area contributed by atoms with Gasteiger partial charge in [-0.2, -0.15) is 0 Å². The van der Waals surface area contributed by atoms with Gasteiger partial charge in [0.1, 0.15) is 12.4 Å². The van der Waals surface area contributed by atoms with Crippen LogP contribution in [-0.4, -0.2) is 30.4 Å². The molecule has 0 amide bonds. The maximum absolute atomic E-state index is 14.0. The van der Waals surface area contributed by atoms with Crippen molar-refractivity contribution in [2.24, 2.45) is 4.99 Å². The molecular formula is C34H32Br2N2O6S. The first-order valence-corrected chi connectivity index (χ1v) is 16.7. The van der Waals surface area contributed by atoms with E-state index in [0.29, 0.717) is 50.0 Å². The van der Waals surface area contributed by atoms with Crippen LogP contribution in [0.2, 0.25) is 0 Å². The number of carbonyl (C=O) groups excluding carboxylic acids is 1. The van der Waals surface area contributed by atoms with E-state index >= 15 is 0 Å². The zero-order valence-corrected chi connectivity index (χ0v) is 29.4. The molecule has 0 radical (unpaired) electrons. The van der Waals surface area contributed by atoms with Gasteiger partial charge in [-0.05, 0) is 103 Å². The number of ether oxygens (including phenoxy) is 4. The molecule has 1 aliphatic rings. The maximum Gasteiger partial charge on any atom is 0.338 e. The maximum atomic E-state index is 14.0. The topological polar surface area (TPSA) is 88.4 Å². The molecule has 234 valence electrons. The summed E-state index contributed by atoms with van der Waals surface area (Å²) in [5.74, 6) is 1.22. The summed E-state index contributed by atoms with van der Waals surface area (Å²) in [5.41, 5.74) is 3.03. The molecule has 3 aromatic carbocycles. The summed E-state index contributed by atoms with van der Waals surface area (Å²) in [7, 11) is 1.56. The molecule has 4 aromatic rings. The van der Waals surface area contributed by atoms with Gasteiger partial charge in [0, 0.05) is 4.47 Å². The highest BCUT2D eigenvalue weighted by Crippen LogP contribution is 2.36.